The molecule has 0 aliphatic carbocycles. The highest BCUT2D eigenvalue weighted by molar-refractivity contribution is 7.93. The average Bonchev–Trinajstić information content (AvgIpc) is 2.30. The minimum atomic E-state index is -2.78. The van der Waals surface area contributed by atoms with E-state index in [1.54, 1.807) is 20.8 Å². The zero-order valence-electron chi connectivity index (χ0n) is 11.7. The third-order valence-electron chi connectivity index (χ3n) is 2.49. The molecule has 0 aromatic carbocycles. The molecule has 1 N–H and O–H groups in total. The second-order valence-electron chi connectivity index (χ2n) is 5.19. The number of pyridine rings is 1. The number of rotatable bonds is 2. The van der Waals surface area contributed by atoms with Gasteiger partial charge in [-0.2, -0.15) is 0 Å². The number of halogens is 1. The van der Waals surface area contributed by atoms with Gasteiger partial charge in [-0.25, -0.2) is 17.9 Å². The van der Waals surface area contributed by atoms with E-state index in [9.17, 15) is 13.4 Å². The van der Waals surface area contributed by atoms with Crippen molar-refractivity contribution in [3.63, 3.8) is 0 Å². The normalized spacial score (nSPS) is 14.6. The number of carbonyl (C=O) groups is 1. The lowest BCUT2D eigenvalue weighted by Gasteiger charge is -2.18. The Morgan fingerprint density at radius 2 is 2.05 bits per heavy atom. The average molecular weight is 287 g/mol. The molecule has 7 heteroatoms. The second-order valence-corrected chi connectivity index (χ2v) is 7.60. The van der Waals surface area contributed by atoms with Crippen LogP contribution in [0.5, 0.6) is 0 Å². The van der Waals surface area contributed by atoms with Gasteiger partial charge in [-0.05, 0) is 6.07 Å². The largest absolute Gasteiger partial charge is 0.309 e. The first kappa shape index (κ1) is 15.6. The summed E-state index contributed by atoms with van der Waals surface area (Å²) in [6, 6.07) is 1.08. The van der Waals surface area contributed by atoms with Crippen LogP contribution in [0.25, 0.3) is 0 Å². The summed E-state index contributed by atoms with van der Waals surface area (Å²) < 4.78 is 29.2. The highest BCUT2D eigenvalue weighted by Crippen LogP contribution is 2.23. The number of anilines is 1. The van der Waals surface area contributed by atoms with Crippen LogP contribution >= 0.6 is 0 Å². The first-order chi connectivity index (χ1) is 8.58. The van der Waals surface area contributed by atoms with Crippen LogP contribution < -0.4 is 5.32 Å². The molecule has 1 heterocycles. The summed E-state index contributed by atoms with van der Waals surface area (Å²) in [5.41, 5.74) is -0.634. The van der Waals surface area contributed by atoms with Crippen LogP contribution in [0.3, 0.4) is 0 Å². The Balaban J connectivity index is 3.31. The Labute approximate surface area is 112 Å². The van der Waals surface area contributed by atoms with E-state index in [-0.39, 0.29) is 16.6 Å². The number of aromatic nitrogens is 1. The van der Waals surface area contributed by atoms with E-state index >= 15 is 0 Å². The van der Waals surface area contributed by atoms with E-state index in [2.05, 4.69) is 14.7 Å². The van der Waals surface area contributed by atoms with Gasteiger partial charge < -0.3 is 5.32 Å². The lowest BCUT2D eigenvalue weighted by molar-refractivity contribution is -0.123. The van der Waals surface area contributed by atoms with Crippen molar-refractivity contribution in [2.24, 2.45) is 9.78 Å². The van der Waals surface area contributed by atoms with Crippen molar-refractivity contribution in [3.8, 4) is 0 Å². The SMILES string of the molecule is CN=S(C)(=O)c1cc(F)cnc1NC(=O)C(C)(C)C. The Morgan fingerprint density at radius 3 is 2.53 bits per heavy atom. The van der Waals surface area contributed by atoms with Crippen molar-refractivity contribution in [2.75, 3.05) is 18.6 Å². The minimum absolute atomic E-state index is 0.0828. The van der Waals surface area contributed by atoms with Crippen molar-refractivity contribution in [1.29, 1.82) is 0 Å². The standard InChI is InChI=1S/C12H18FN3O2S/c1-12(2,3)11(17)16-10-9(19(5,18)14-4)6-8(13)7-15-10/h6-7H,1-5H3,(H,15,16,17). The molecule has 1 rings (SSSR count). The van der Waals surface area contributed by atoms with Gasteiger partial charge in [0, 0.05) is 18.7 Å². The zero-order chi connectivity index (χ0) is 14.8. The Bertz CT molecular complexity index is 614. The number of nitrogens with zero attached hydrogens (tertiary/aromatic N) is 2. The monoisotopic (exact) mass is 287 g/mol. The predicted molar refractivity (Wildman–Crippen MR) is 73.0 cm³/mol. The summed E-state index contributed by atoms with van der Waals surface area (Å²) >= 11 is 0. The molecule has 1 amide bonds. The number of hydrogen-bond donors (Lipinski definition) is 1. The topological polar surface area (TPSA) is 71.4 Å². The third kappa shape index (κ3) is 3.73. The van der Waals surface area contributed by atoms with Crippen molar-refractivity contribution >= 4 is 21.5 Å². The predicted octanol–water partition coefficient (Wildman–Crippen LogP) is 2.29. The summed E-state index contributed by atoms with van der Waals surface area (Å²) in [5.74, 6) is -0.833. The van der Waals surface area contributed by atoms with Gasteiger partial charge in [-0.3, -0.25) is 4.79 Å². The smallest absolute Gasteiger partial charge is 0.230 e. The fourth-order valence-corrected chi connectivity index (χ4v) is 2.19. The molecule has 0 radical (unpaired) electrons. The van der Waals surface area contributed by atoms with Gasteiger partial charge in [-0.1, -0.05) is 20.8 Å². The molecule has 1 aromatic rings. The van der Waals surface area contributed by atoms with Gasteiger partial charge in [0.25, 0.3) is 0 Å². The number of amides is 1. The maximum absolute atomic E-state index is 13.2. The van der Waals surface area contributed by atoms with Gasteiger partial charge in [0.15, 0.2) is 0 Å². The lowest BCUT2D eigenvalue weighted by atomic mass is 9.96. The van der Waals surface area contributed by atoms with E-state index in [0.29, 0.717) is 0 Å². The van der Waals surface area contributed by atoms with Gasteiger partial charge >= 0.3 is 0 Å². The van der Waals surface area contributed by atoms with Crippen LogP contribution in [-0.2, 0) is 14.5 Å². The number of hydrogen-bond acceptors (Lipinski definition) is 4. The van der Waals surface area contributed by atoms with E-state index in [1.807, 2.05) is 0 Å². The summed E-state index contributed by atoms with van der Waals surface area (Å²) in [5, 5.41) is 2.56. The van der Waals surface area contributed by atoms with Crippen molar-refractivity contribution in [1.82, 2.24) is 4.98 Å². The highest BCUT2D eigenvalue weighted by atomic mass is 32.2. The fraction of sp³-hybridized carbons (Fsp3) is 0.500. The second kappa shape index (κ2) is 5.24. The lowest BCUT2D eigenvalue weighted by Crippen LogP contribution is -2.28. The van der Waals surface area contributed by atoms with E-state index in [0.717, 1.165) is 12.3 Å². The van der Waals surface area contributed by atoms with Gasteiger partial charge in [0.1, 0.15) is 11.6 Å². The van der Waals surface area contributed by atoms with Crippen LogP contribution in [-0.4, -0.2) is 28.4 Å². The van der Waals surface area contributed by atoms with Crippen molar-refractivity contribution < 1.29 is 13.4 Å². The molecule has 0 aliphatic rings. The number of carbonyl (C=O) groups excluding carboxylic acids is 1. The molecule has 0 spiro atoms. The van der Waals surface area contributed by atoms with Crippen molar-refractivity contribution in [3.05, 3.63) is 18.1 Å². The maximum Gasteiger partial charge on any atom is 0.230 e. The first-order valence-corrected chi connectivity index (χ1v) is 7.57. The maximum atomic E-state index is 13.2. The van der Waals surface area contributed by atoms with Crippen LogP contribution in [0.1, 0.15) is 20.8 Å². The summed E-state index contributed by atoms with van der Waals surface area (Å²) in [6.45, 7) is 5.21. The first-order valence-electron chi connectivity index (χ1n) is 5.65. The van der Waals surface area contributed by atoms with Crippen molar-refractivity contribution in [2.45, 2.75) is 25.7 Å². The van der Waals surface area contributed by atoms with E-state index in [4.69, 9.17) is 0 Å². The van der Waals surface area contributed by atoms with E-state index < -0.39 is 21.0 Å². The molecule has 0 aliphatic heterocycles. The zero-order valence-corrected chi connectivity index (χ0v) is 12.5. The molecular formula is C12H18FN3O2S. The summed E-state index contributed by atoms with van der Waals surface area (Å²) in [7, 11) is -1.41. The van der Waals surface area contributed by atoms with Gasteiger partial charge in [-0.15, -0.1) is 0 Å². The van der Waals surface area contributed by atoms with Crippen LogP contribution in [0.2, 0.25) is 0 Å². The van der Waals surface area contributed by atoms with Crippen LogP contribution in [0, 0.1) is 11.2 Å². The Hall–Kier alpha value is -1.50. The Kier molecular flexibility index (Phi) is 4.29. The van der Waals surface area contributed by atoms with Crippen LogP contribution in [0.15, 0.2) is 21.5 Å². The molecule has 5 nitrogen and oxygen atoms in total. The molecule has 19 heavy (non-hydrogen) atoms. The summed E-state index contributed by atoms with van der Waals surface area (Å²) in [6.07, 6.45) is 2.34. The van der Waals surface area contributed by atoms with Gasteiger partial charge in [0.2, 0.25) is 5.91 Å². The molecule has 0 saturated carbocycles. The third-order valence-corrected chi connectivity index (χ3v) is 4.31. The van der Waals surface area contributed by atoms with E-state index in [1.165, 1.54) is 13.3 Å². The molecule has 1 atom stereocenters. The molecule has 0 saturated heterocycles. The molecule has 1 unspecified atom stereocenters. The fourth-order valence-electron chi connectivity index (χ4n) is 1.20. The number of nitrogens with one attached hydrogen (secondary N) is 1. The molecule has 0 fully saturated rings. The molecule has 0 bridgehead atoms. The quantitative estimate of drug-likeness (QED) is 0.907. The Morgan fingerprint density at radius 1 is 1.47 bits per heavy atom. The van der Waals surface area contributed by atoms with Crippen LogP contribution in [0.4, 0.5) is 10.2 Å². The molecule has 1 aromatic heterocycles. The van der Waals surface area contributed by atoms with Gasteiger partial charge in [0.05, 0.1) is 20.8 Å². The summed E-state index contributed by atoms with van der Waals surface area (Å²) in [4.78, 5) is 15.8. The molecular weight excluding hydrogens is 269 g/mol. The minimum Gasteiger partial charge on any atom is -0.309 e. The highest BCUT2D eigenvalue weighted by Gasteiger charge is 2.24. The molecule has 106 valence electrons.